The summed E-state index contributed by atoms with van der Waals surface area (Å²) in [6, 6.07) is 12.7. The molecule has 0 saturated carbocycles. The molecule has 0 aliphatic rings. The molecule has 0 bridgehead atoms. The highest BCUT2D eigenvalue weighted by atomic mass is 32.1. The van der Waals surface area contributed by atoms with E-state index in [2.05, 4.69) is 48.6 Å². The number of hydrogen-bond donors (Lipinski definition) is 1. The van der Waals surface area contributed by atoms with Gasteiger partial charge < -0.3 is 5.32 Å². The molecule has 0 fully saturated rings. The van der Waals surface area contributed by atoms with Gasteiger partial charge in [-0.1, -0.05) is 18.2 Å². The van der Waals surface area contributed by atoms with E-state index in [1.165, 1.54) is 21.0 Å². The van der Waals surface area contributed by atoms with Crippen LogP contribution in [0.25, 0.3) is 10.4 Å². The molecule has 1 N–H and O–H groups in total. The van der Waals surface area contributed by atoms with Crippen molar-refractivity contribution in [3.8, 4) is 10.4 Å². The van der Waals surface area contributed by atoms with Crippen LogP contribution in [0.3, 0.4) is 0 Å². The Bertz CT molecular complexity index is 431. The van der Waals surface area contributed by atoms with Gasteiger partial charge in [0.1, 0.15) is 0 Å². The summed E-state index contributed by atoms with van der Waals surface area (Å²) in [6.45, 7) is 2.14. The van der Waals surface area contributed by atoms with Crippen molar-refractivity contribution < 1.29 is 0 Å². The Morgan fingerprint density at radius 1 is 1.07 bits per heavy atom. The fourth-order valence-electron chi connectivity index (χ4n) is 1.50. The molecule has 0 aliphatic heterocycles. The lowest BCUT2D eigenvalue weighted by Gasteiger charge is -2.05. The van der Waals surface area contributed by atoms with E-state index in [1.54, 1.807) is 0 Å². The Morgan fingerprint density at radius 3 is 2.50 bits per heavy atom. The minimum Gasteiger partial charge on any atom is -0.388 e. The van der Waals surface area contributed by atoms with Gasteiger partial charge in [0.25, 0.3) is 0 Å². The predicted molar refractivity (Wildman–Crippen MR) is 64.0 cm³/mol. The summed E-state index contributed by atoms with van der Waals surface area (Å²) in [5, 5.41) is 3.21. The molecule has 1 aromatic heterocycles. The number of rotatable bonds is 2. The molecule has 2 aromatic rings. The SMILES string of the molecule is CNc1ccccc1-c1ccc(C)s1. The molecule has 0 amide bonds. The Kier molecular flexibility index (Phi) is 2.55. The first kappa shape index (κ1) is 9.28. The zero-order valence-corrected chi connectivity index (χ0v) is 9.19. The van der Waals surface area contributed by atoms with Crippen molar-refractivity contribution >= 4 is 17.0 Å². The van der Waals surface area contributed by atoms with Crippen LogP contribution in [0.5, 0.6) is 0 Å². The van der Waals surface area contributed by atoms with Crippen molar-refractivity contribution in [2.75, 3.05) is 12.4 Å². The first-order valence-corrected chi connectivity index (χ1v) is 5.46. The van der Waals surface area contributed by atoms with Crippen molar-refractivity contribution in [2.24, 2.45) is 0 Å². The topological polar surface area (TPSA) is 12.0 Å². The van der Waals surface area contributed by atoms with E-state index in [4.69, 9.17) is 0 Å². The Hall–Kier alpha value is -1.28. The maximum absolute atomic E-state index is 3.21. The summed E-state index contributed by atoms with van der Waals surface area (Å²) < 4.78 is 0. The van der Waals surface area contributed by atoms with Gasteiger partial charge in [-0.3, -0.25) is 0 Å². The third kappa shape index (κ3) is 1.66. The van der Waals surface area contributed by atoms with Crippen molar-refractivity contribution in [3.63, 3.8) is 0 Å². The molecule has 0 aliphatic carbocycles. The number of benzene rings is 1. The molecular weight excluding hydrogens is 190 g/mol. The van der Waals surface area contributed by atoms with Crippen molar-refractivity contribution in [2.45, 2.75) is 6.92 Å². The van der Waals surface area contributed by atoms with Gasteiger partial charge in [0.15, 0.2) is 0 Å². The lowest BCUT2D eigenvalue weighted by atomic mass is 10.1. The molecule has 1 aromatic carbocycles. The molecule has 1 nitrogen and oxygen atoms in total. The van der Waals surface area contributed by atoms with Crippen LogP contribution in [0.2, 0.25) is 0 Å². The summed E-state index contributed by atoms with van der Waals surface area (Å²) in [5.74, 6) is 0. The molecule has 1 heterocycles. The fraction of sp³-hybridized carbons (Fsp3) is 0.167. The molecule has 72 valence electrons. The predicted octanol–water partition coefficient (Wildman–Crippen LogP) is 3.77. The quantitative estimate of drug-likeness (QED) is 0.783. The van der Waals surface area contributed by atoms with E-state index in [1.807, 2.05) is 18.4 Å². The second kappa shape index (κ2) is 3.84. The van der Waals surface area contributed by atoms with Gasteiger partial charge in [-0.15, -0.1) is 11.3 Å². The number of thiophene rings is 1. The molecule has 0 spiro atoms. The zero-order valence-electron chi connectivity index (χ0n) is 8.37. The van der Waals surface area contributed by atoms with Gasteiger partial charge in [0, 0.05) is 28.1 Å². The first-order chi connectivity index (χ1) is 6.81. The van der Waals surface area contributed by atoms with Crippen molar-refractivity contribution in [1.29, 1.82) is 0 Å². The van der Waals surface area contributed by atoms with Crippen LogP contribution >= 0.6 is 11.3 Å². The summed E-state index contributed by atoms with van der Waals surface area (Å²) in [7, 11) is 1.96. The van der Waals surface area contributed by atoms with Gasteiger partial charge >= 0.3 is 0 Å². The number of anilines is 1. The van der Waals surface area contributed by atoms with E-state index in [9.17, 15) is 0 Å². The molecule has 0 unspecified atom stereocenters. The van der Waals surface area contributed by atoms with Gasteiger partial charge in [-0.25, -0.2) is 0 Å². The van der Waals surface area contributed by atoms with Crippen LogP contribution in [0.4, 0.5) is 5.69 Å². The van der Waals surface area contributed by atoms with E-state index in [0.29, 0.717) is 0 Å². The lowest BCUT2D eigenvalue weighted by molar-refractivity contribution is 1.51. The fourth-order valence-corrected chi connectivity index (χ4v) is 2.40. The van der Waals surface area contributed by atoms with Crippen LogP contribution in [-0.4, -0.2) is 7.05 Å². The average molecular weight is 203 g/mol. The van der Waals surface area contributed by atoms with Crippen LogP contribution in [0.1, 0.15) is 4.88 Å². The molecule has 0 radical (unpaired) electrons. The van der Waals surface area contributed by atoms with Gasteiger partial charge in [0.05, 0.1) is 0 Å². The Labute approximate surface area is 88.4 Å². The van der Waals surface area contributed by atoms with Crippen molar-refractivity contribution in [1.82, 2.24) is 0 Å². The van der Waals surface area contributed by atoms with E-state index in [0.717, 1.165) is 0 Å². The number of hydrogen-bond acceptors (Lipinski definition) is 2. The number of para-hydroxylation sites is 1. The monoisotopic (exact) mass is 203 g/mol. The Balaban J connectivity index is 2.50. The molecule has 2 heteroatoms. The highest BCUT2D eigenvalue weighted by Crippen LogP contribution is 2.32. The normalized spacial score (nSPS) is 10.1. The van der Waals surface area contributed by atoms with Crippen LogP contribution in [-0.2, 0) is 0 Å². The average Bonchev–Trinajstić information content (AvgIpc) is 2.65. The van der Waals surface area contributed by atoms with E-state index < -0.39 is 0 Å². The minimum atomic E-state index is 1.19. The summed E-state index contributed by atoms with van der Waals surface area (Å²) in [6.07, 6.45) is 0. The third-order valence-corrected chi connectivity index (χ3v) is 3.24. The second-order valence-electron chi connectivity index (χ2n) is 3.21. The number of nitrogens with one attached hydrogen (secondary N) is 1. The van der Waals surface area contributed by atoms with E-state index >= 15 is 0 Å². The second-order valence-corrected chi connectivity index (χ2v) is 4.49. The highest BCUT2D eigenvalue weighted by molar-refractivity contribution is 7.15. The van der Waals surface area contributed by atoms with Gasteiger partial charge in [-0.2, -0.15) is 0 Å². The highest BCUT2D eigenvalue weighted by Gasteiger charge is 2.04. The van der Waals surface area contributed by atoms with Crippen LogP contribution in [0, 0.1) is 6.92 Å². The minimum absolute atomic E-state index is 1.19. The first-order valence-electron chi connectivity index (χ1n) is 4.65. The van der Waals surface area contributed by atoms with Gasteiger partial charge in [-0.05, 0) is 25.1 Å². The largest absolute Gasteiger partial charge is 0.388 e. The summed E-state index contributed by atoms with van der Waals surface area (Å²) in [5.41, 5.74) is 2.47. The zero-order chi connectivity index (χ0) is 9.97. The maximum atomic E-state index is 3.21. The maximum Gasteiger partial charge on any atom is 0.0425 e. The smallest absolute Gasteiger partial charge is 0.0425 e. The standard InChI is InChI=1S/C12H13NS/c1-9-7-8-12(14-9)10-5-3-4-6-11(10)13-2/h3-8,13H,1-2H3. The molecule has 2 rings (SSSR count). The van der Waals surface area contributed by atoms with E-state index in [-0.39, 0.29) is 0 Å². The lowest BCUT2D eigenvalue weighted by Crippen LogP contribution is -1.89. The molecule has 14 heavy (non-hydrogen) atoms. The molecular formula is C12H13NS. The van der Waals surface area contributed by atoms with Crippen molar-refractivity contribution in [3.05, 3.63) is 41.3 Å². The van der Waals surface area contributed by atoms with Crippen LogP contribution in [0.15, 0.2) is 36.4 Å². The van der Waals surface area contributed by atoms with Gasteiger partial charge in [0.2, 0.25) is 0 Å². The summed E-state index contributed by atoms with van der Waals surface area (Å²) >= 11 is 1.83. The Morgan fingerprint density at radius 2 is 1.86 bits per heavy atom. The number of aryl methyl sites for hydroxylation is 1. The van der Waals surface area contributed by atoms with Crippen LogP contribution < -0.4 is 5.32 Å². The molecule has 0 atom stereocenters. The molecule has 0 saturated heterocycles. The third-order valence-electron chi connectivity index (χ3n) is 2.20. The summed E-state index contributed by atoms with van der Waals surface area (Å²) in [4.78, 5) is 2.68.